The van der Waals surface area contributed by atoms with Crippen LogP contribution in [0.5, 0.6) is 0 Å². The summed E-state index contributed by atoms with van der Waals surface area (Å²) in [4.78, 5) is 0. The Morgan fingerprint density at radius 3 is 2.85 bits per heavy atom. The molecule has 0 radical (unpaired) electrons. The fourth-order valence-electron chi connectivity index (χ4n) is 0.915. The highest BCUT2D eigenvalue weighted by Gasteiger charge is 1.97. The van der Waals surface area contributed by atoms with Crippen molar-refractivity contribution in [1.29, 1.82) is 5.26 Å². The highest BCUT2D eigenvalue weighted by atomic mass is 79.9. The molecule has 0 aliphatic rings. The van der Waals surface area contributed by atoms with Gasteiger partial charge in [-0.3, -0.25) is 0 Å². The van der Waals surface area contributed by atoms with Gasteiger partial charge < -0.3 is 4.74 Å². The summed E-state index contributed by atoms with van der Waals surface area (Å²) >= 11 is 3.42. The zero-order chi connectivity index (χ0) is 9.52. The molecule has 3 heteroatoms. The van der Waals surface area contributed by atoms with E-state index in [-0.39, 0.29) is 0 Å². The molecule has 0 aromatic heterocycles. The summed E-state index contributed by atoms with van der Waals surface area (Å²) in [5, 5.41) is 8.28. The van der Waals surface area contributed by atoms with Crippen molar-refractivity contribution < 1.29 is 4.74 Å². The highest BCUT2D eigenvalue weighted by molar-refractivity contribution is 9.10. The van der Waals surface area contributed by atoms with Crippen molar-refractivity contribution in [2.75, 3.05) is 6.61 Å². The van der Waals surface area contributed by atoms with Crippen LogP contribution in [0, 0.1) is 11.3 Å². The van der Waals surface area contributed by atoms with Crippen LogP contribution >= 0.6 is 15.9 Å². The number of ether oxygens (including phenoxy) is 1. The largest absolute Gasteiger partial charge is 0.376 e. The second-order valence-corrected chi connectivity index (χ2v) is 3.41. The van der Waals surface area contributed by atoms with Gasteiger partial charge in [0.05, 0.1) is 25.7 Å². The fourth-order valence-corrected chi connectivity index (χ4v) is 1.31. The zero-order valence-corrected chi connectivity index (χ0v) is 8.75. The van der Waals surface area contributed by atoms with E-state index in [1.165, 1.54) is 0 Å². The van der Waals surface area contributed by atoms with Gasteiger partial charge in [0.1, 0.15) is 0 Å². The average Bonchev–Trinajstić information content (AvgIpc) is 2.15. The molecule has 0 heterocycles. The van der Waals surface area contributed by atoms with Gasteiger partial charge in [0.15, 0.2) is 0 Å². The molecule has 2 nitrogen and oxygen atoms in total. The number of halogens is 1. The van der Waals surface area contributed by atoms with Gasteiger partial charge in [0, 0.05) is 4.47 Å². The number of rotatable bonds is 4. The molecule has 0 amide bonds. The third-order valence-electron chi connectivity index (χ3n) is 1.57. The molecule has 0 bridgehead atoms. The van der Waals surface area contributed by atoms with Gasteiger partial charge in [-0.2, -0.15) is 5.26 Å². The summed E-state index contributed by atoms with van der Waals surface area (Å²) in [5.41, 5.74) is 1.11. The van der Waals surface area contributed by atoms with Crippen molar-refractivity contribution in [2.45, 2.75) is 13.0 Å². The lowest BCUT2D eigenvalue weighted by atomic mass is 10.2. The van der Waals surface area contributed by atoms with Crippen LogP contribution in [0.3, 0.4) is 0 Å². The van der Waals surface area contributed by atoms with Crippen molar-refractivity contribution >= 4 is 15.9 Å². The normalized spacial score (nSPS) is 9.54. The molecular formula is C10H10BrNO. The van der Waals surface area contributed by atoms with Crippen molar-refractivity contribution in [3.63, 3.8) is 0 Å². The summed E-state index contributed by atoms with van der Waals surface area (Å²) in [5.74, 6) is 0. The van der Waals surface area contributed by atoms with Gasteiger partial charge in [-0.1, -0.05) is 34.1 Å². The Labute approximate surface area is 86.3 Å². The first-order valence-electron chi connectivity index (χ1n) is 4.02. The molecule has 13 heavy (non-hydrogen) atoms. The molecule has 0 N–H and O–H groups in total. The maximum absolute atomic E-state index is 8.28. The highest BCUT2D eigenvalue weighted by Crippen LogP contribution is 2.16. The van der Waals surface area contributed by atoms with Crippen LogP contribution in [0.2, 0.25) is 0 Å². The molecule has 0 fully saturated rings. The van der Waals surface area contributed by atoms with E-state index < -0.39 is 0 Å². The Balaban J connectivity index is 2.37. The lowest BCUT2D eigenvalue weighted by Gasteiger charge is -2.03. The second-order valence-electron chi connectivity index (χ2n) is 2.55. The van der Waals surface area contributed by atoms with Crippen molar-refractivity contribution in [3.05, 3.63) is 34.3 Å². The summed E-state index contributed by atoms with van der Waals surface area (Å²) in [7, 11) is 0. The van der Waals surface area contributed by atoms with E-state index in [0.717, 1.165) is 10.0 Å². The van der Waals surface area contributed by atoms with Gasteiger partial charge in [0.2, 0.25) is 0 Å². The maximum atomic E-state index is 8.28. The standard InChI is InChI=1S/C10H10BrNO/c11-10-5-2-1-4-9(10)8-13-7-3-6-12/h1-2,4-5H,3,7-8H2. The molecule has 0 saturated carbocycles. The van der Waals surface area contributed by atoms with Gasteiger partial charge >= 0.3 is 0 Å². The topological polar surface area (TPSA) is 33.0 Å². The van der Waals surface area contributed by atoms with E-state index in [0.29, 0.717) is 19.6 Å². The Hall–Kier alpha value is -0.850. The van der Waals surface area contributed by atoms with Crippen LogP contribution in [-0.2, 0) is 11.3 Å². The van der Waals surface area contributed by atoms with Gasteiger partial charge in [-0.15, -0.1) is 0 Å². The van der Waals surface area contributed by atoms with Gasteiger partial charge in [0.25, 0.3) is 0 Å². The number of nitrogens with zero attached hydrogens (tertiary/aromatic N) is 1. The molecule has 0 atom stereocenters. The Morgan fingerprint density at radius 1 is 1.38 bits per heavy atom. The van der Waals surface area contributed by atoms with Gasteiger partial charge in [-0.25, -0.2) is 0 Å². The Bertz CT molecular complexity index is 306. The predicted molar refractivity (Wildman–Crippen MR) is 54.0 cm³/mol. The molecule has 0 aliphatic heterocycles. The second kappa shape index (κ2) is 5.74. The number of hydrogen-bond donors (Lipinski definition) is 0. The van der Waals surface area contributed by atoms with Crippen molar-refractivity contribution in [2.24, 2.45) is 0 Å². The summed E-state index contributed by atoms with van der Waals surface area (Å²) in [6.45, 7) is 1.06. The molecule has 0 saturated heterocycles. The van der Waals surface area contributed by atoms with Crippen molar-refractivity contribution in [3.8, 4) is 6.07 Å². The summed E-state index contributed by atoms with van der Waals surface area (Å²) in [6.07, 6.45) is 0.449. The van der Waals surface area contributed by atoms with E-state index in [4.69, 9.17) is 10.00 Å². The minimum absolute atomic E-state index is 0.449. The molecule has 1 rings (SSSR count). The molecule has 68 valence electrons. The predicted octanol–water partition coefficient (Wildman–Crippen LogP) is 2.88. The van der Waals surface area contributed by atoms with Crippen LogP contribution in [0.15, 0.2) is 28.7 Å². The molecule has 0 aliphatic carbocycles. The monoisotopic (exact) mass is 239 g/mol. The first kappa shape index (κ1) is 10.2. The number of benzene rings is 1. The third kappa shape index (κ3) is 3.58. The first-order chi connectivity index (χ1) is 6.34. The molecule has 0 unspecified atom stereocenters. The number of nitriles is 1. The molecule has 0 spiro atoms. The molecular weight excluding hydrogens is 230 g/mol. The van der Waals surface area contributed by atoms with Crippen molar-refractivity contribution in [1.82, 2.24) is 0 Å². The minimum atomic E-state index is 0.449. The van der Waals surface area contributed by atoms with Crippen LogP contribution in [0.4, 0.5) is 0 Å². The zero-order valence-electron chi connectivity index (χ0n) is 7.16. The van der Waals surface area contributed by atoms with Gasteiger partial charge in [-0.05, 0) is 11.6 Å². The average molecular weight is 240 g/mol. The fraction of sp³-hybridized carbons (Fsp3) is 0.300. The molecule has 1 aromatic carbocycles. The van der Waals surface area contributed by atoms with E-state index >= 15 is 0 Å². The third-order valence-corrected chi connectivity index (χ3v) is 2.35. The quantitative estimate of drug-likeness (QED) is 0.758. The lowest BCUT2D eigenvalue weighted by Crippen LogP contribution is -1.94. The first-order valence-corrected chi connectivity index (χ1v) is 4.82. The number of hydrogen-bond acceptors (Lipinski definition) is 2. The van der Waals surface area contributed by atoms with E-state index in [2.05, 4.69) is 15.9 Å². The van der Waals surface area contributed by atoms with Crippen LogP contribution in [0.1, 0.15) is 12.0 Å². The van der Waals surface area contributed by atoms with E-state index in [1.54, 1.807) is 0 Å². The van der Waals surface area contributed by atoms with E-state index in [1.807, 2.05) is 30.3 Å². The van der Waals surface area contributed by atoms with E-state index in [9.17, 15) is 0 Å². The smallest absolute Gasteiger partial charge is 0.0728 e. The molecule has 1 aromatic rings. The maximum Gasteiger partial charge on any atom is 0.0728 e. The lowest BCUT2D eigenvalue weighted by molar-refractivity contribution is 0.126. The minimum Gasteiger partial charge on any atom is -0.376 e. The van der Waals surface area contributed by atoms with Crippen LogP contribution < -0.4 is 0 Å². The van der Waals surface area contributed by atoms with Crippen LogP contribution in [0.25, 0.3) is 0 Å². The summed E-state index contributed by atoms with van der Waals surface area (Å²) in [6, 6.07) is 9.93. The van der Waals surface area contributed by atoms with Crippen LogP contribution in [-0.4, -0.2) is 6.61 Å². The SMILES string of the molecule is N#CCCOCc1ccccc1Br. The Morgan fingerprint density at radius 2 is 2.15 bits per heavy atom. The Kier molecular flexibility index (Phi) is 4.52. The summed E-state index contributed by atoms with van der Waals surface area (Å²) < 4.78 is 6.34.